The van der Waals surface area contributed by atoms with Gasteiger partial charge in [0.2, 0.25) is 10.0 Å². The molecule has 0 N–H and O–H groups in total. The molecule has 1 aromatic heterocycles. The Hall–Kier alpha value is -1.91. The number of hydrogen-bond donors (Lipinski definition) is 0. The number of sulfonamides is 1. The van der Waals surface area contributed by atoms with Gasteiger partial charge in [0.25, 0.3) is 0 Å². The molecule has 30 heavy (non-hydrogen) atoms. The lowest BCUT2D eigenvalue weighted by Crippen LogP contribution is -2.40. The van der Waals surface area contributed by atoms with Gasteiger partial charge in [-0.2, -0.15) is 4.31 Å². The highest BCUT2D eigenvalue weighted by molar-refractivity contribution is 7.98. The molecule has 9 heteroatoms. The maximum Gasteiger partial charge on any atom is 0.243 e. The molecule has 3 aromatic rings. The zero-order valence-corrected chi connectivity index (χ0v) is 18.5. The number of nitrogens with zero attached hydrogens (tertiary/aromatic N) is 3. The van der Waals surface area contributed by atoms with Crippen LogP contribution >= 0.6 is 11.8 Å². The summed E-state index contributed by atoms with van der Waals surface area (Å²) < 4.78 is 40.1. The average Bonchev–Trinajstić information content (AvgIpc) is 3.14. The number of thioether (sulfide) groups is 1. The van der Waals surface area contributed by atoms with E-state index in [0.29, 0.717) is 50.1 Å². The van der Waals surface area contributed by atoms with Crippen molar-refractivity contribution in [2.24, 2.45) is 0 Å². The first-order valence-corrected chi connectivity index (χ1v) is 12.3. The monoisotopic (exact) mass is 447 g/mol. The Labute approximate surface area is 181 Å². The fraction of sp³-hybridized carbons (Fsp3) is 0.381. The maximum absolute atomic E-state index is 12.9. The van der Waals surface area contributed by atoms with Crippen LogP contribution in [0.2, 0.25) is 0 Å². The standard InChI is InChI=1S/C21H25N3O4S2/c1-27-12-11-24-20-8-3-2-7-19(20)22-21(24)29-16-17-5-4-6-18(15-17)30(25,26)23-9-13-28-14-10-23/h2-8,15H,9-14,16H2,1H3. The summed E-state index contributed by atoms with van der Waals surface area (Å²) in [6, 6.07) is 15.2. The summed E-state index contributed by atoms with van der Waals surface area (Å²) in [5, 5.41) is 0.898. The molecule has 2 heterocycles. The Bertz CT molecular complexity index is 1110. The van der Waals surface area contributed by atoms with Crippen molar-refractivity contribution in [3.8, 4) is 0 Å². The summed E-state index contributed by atoms with van der Waals surface area (Å²) in [7, 11) is -1.81. The number of methoxy groups -OCH3 is 1. The van der Waals surface area contributed by atoms with Crippen LogP contribution in [-0.4, -0.2) is 62.3 Å². The van der Waals surface area contributed by atoms with Gasteiger partial charge in [-0.05, 0) is 29.8 Å². The van der Waals surface area contributed by atoms with E-state index in [1.165, 1.54) is 4.31 Å². The normalized spacial score (nSPS) is 15.6. The molecule has 0 bridgehead atoms. The SMILES string of the molecule is COCCn1c(SCc2cccc(S(=O)(=O)N3CCOCC3)c2)nc2ccccc21. The number of para-hydroxylation sites is 2. The Kier molecular flexibility index (Phi) is 6.74. The van der Waals surface area contributed by atoms with Crippen LogP contribution in [0.4, 0.5) is 0 Å². The summed E-state index contributed by atoms with van der Waals surface area (Å²) >= 11 is 1.60. The Morgan fingerprint density at radius 2 is 1.93 bits per heavy atom. The van der Waals surface area contributed by atoms with Gasteiger partial charge in [0.1, 0.15) is 0 Å². The van der Waals surface area contributed by atoms with Crippen molar-refractivity contribution in [3.05, 3.63) is 54.1 Å². The molecular formula is C21H25N3O4S2. The van der Waals surface area contributed by atoms with Gasteiger partial charge in [0.15, 0.2) is 5.16 Å². The molecule has 4 rings (SSSR count). The van der Waals surface area contributed by atoms with Gasteiger partial charge < -0.3 is 14.0 Å². The second kappa shape index (κ2) is 9.49. The van der Waals surface area contributed by atoms with Gasteiger partial charge in [-0.3, -0.25) is 0 Å². The molecular weight excluding hydrogens is 422 g/mol. The van der Waals surface area contributed by atoms with E-state index >= 15 is 0 Å². The van der Waals surface area contributed by atoms with E-state index in [1.54, 1.807) is 37.1 Å². The van der Waals surface area contributed by atoms with Gasteiger partial charge in [0.05, 0.1) is 35.7 Å². The third-order valence-corrected chi connectivity index (χ3v) is 7.95. The van der Waals surface area contributed by atoms with Crippen molar-refractivity contribution in [1.82, 2.24) is 13.9 Å². The minimum atomic E-state index is -3.50. The smallest absolute Gasteiger partial charge is 0.243 e. The van der Waals surface area contributed by atoms with Gasteiger partial charge in [-0.25, -0.2) is 13.4 Å². The molecule has 1 saturated heterocycles. The van der Waals surface area contributed by atoms with Crippen LogP contribution in [0.15, 0.2) is 58.6 Å². The van der Waals surface area contributed by atoms with E-state index in [1.807, 2.05) is 24.3 Å². The maximum atomic E-state index is 12.9. The van der Waals surface area contributed by atoms with Crippen LogP contribution < -0.4 is 0 Å². The minimum absolute atomic E-state index is 0.329. The molecule has 1 fully saturated rings. The van der Waals surface area contributed by atoms with Gasteiger partial charge in [0, 0.05) is 32.5 Å². The van der Waals surface area contributed by atoms with Gasteiger partial charge >= 0.3 is 0 Å². The van der Waals surface area contributed by atoms with E-state index in [-0.39, 0.29) is 0 Å². The van der Waals surface area contributed by atoms with E-state index in [9.17, 15) is 8.42 Å². The summed E-state index contributed by atoms with van der Waals surface area (Å²) in [4.78, 5) is 5.08. The average molecular weight is 448 g/mol. The van der Waals surface area contributed by atoms with Crippen LogP contribution in [-0.2, 0) is 31.8 Å². The topological polar surface area (TPSA) is 73.7 Å². The van der Waals surface area contributed by atoms with Crippen LogP contribution in [0.1, 0.15) is 5.56 Å². The fourth-order valence-corrected chi connectivity index (χ4v) is 5.90. The molecule has 7 nitrogen and oxygen atoms in total. The minimum Gasteiger partial charge on any atom is -0.383 e. The zero-order chi connectivity index (χ0) is 21.0. The van der Waals surface area contributed by atoms with Crippen molar-refractivity contribution < 1.29 is 17.9 Å². The van der Waals surface area contributed by atoms with Gasteiger partial charge in [-0.15, -0.1) is 0 Å². The first kappa shape index (κ1) is 21.3. The number of ether oxygens (including phenoxy) is 2. The fourth-order valence-electron chi connectivity index (χ4n) is 3.44. The van der Waals surface area contributed by atoms with Crippen molar-refractivity contribution in [1.29, 1.82) is 0 Å². The van der Waals surface area contributed by atoms with Crippen molar-refractivity contribution in [2.45, 2.75) is 22.3 Å². The highest BCUT2D eigenvalue weighted by atomic mass is 32.2. The summed E-state index contributed by atoms with van der Waals surface area (Å²) in [5.41, 5.74) is 2.96. The molecule has 2 aromatic carbocycles. The first-order valence-electron chi connectivity index (χ1n) is 9.83. The van der Waals surface area contributed by atoms with Crippen molar-refractivity contribution in [3.63, 3.8) is 0 Å². The second-order valence-corrected chi connectivity index (χ2v) is 9.86. The molecule has 1 aliphatic heterocycles. The molecule has 0 saturated carbocycles. The van der Waals surface area contributed by atoms with E-state index < -0.39 is 10.0 Å². The molecule has 0 atom stereocenters. The van der Waals surface area contributed by atoms with E-state index in [4.69, 9.17) is 14.5 Å². The second-order valence-electron chi connectivity index (χ2n) is 6.98. The largest absolute Gasteiger partial charge is 0.383 e. The Balaban J connectivity index is 1.54. The summed E-state index contributed by atoms with van der Waals surface area (Å²) in [6.45, 7) is 2.97. The van der Waals surface area contributed by atoms with E-state index in [2.05, 4.69) is 10.6 Å². The van der Waals surface area contributed by atoms with Crippen LogP contribution in [0.3, 0.4) is 0 Å². The molecule has 160 valence electrons. The Morgan fingerprint density at radius 1 is 1.13 bits per heavy atom. The van der Waals surface area contributed by atoms with Crippen molar-refractivity contribution >= 4 is 32.8 Å². The molecule has 0 amide bonds. The number of hydrogen-bond acceptors (Lipinski definition) is 6. The number of imidazole rings is 1. The molecule has 1 aliphatic rings. The molecule has 0 radical (unpaired) electrons. The van der Waals surface area contributed by atoms with Crippen LogP contribution in [0.5, 0.6) is 0 Å². The third-order valence-electron chi connectivity index (χ3n) is 5.01. The predicted octanol–water partition coefficient (Wildman–Crippen LogP) is 3.00. The lowest BCUT2D eigenvalue weighted by atomic mass is 10.2. The third kappa shape index (κ3) is 4.55. The van der Waals surface area contributed by atoms with Crippen LogP contribution in [0, 0.1) is 0 Å². The lowest BCUT2D eigenvalue weighted by Gasteiger charge is -2.26. The number of benzene rings is 2. The van der Waals surface area contributed by atoms with Crippen molar-refractivity contribution in [2.75, 3.05) is 40.0 Å². The lowest BCUT2D eigenvalue weighted by molar-refractivity contribution is 0.0730. The number of fused-ring (bicyclic) bond motifs is 1. The predicted molar refractivity (Wildman–Crippen MR) is 117 cm³/mol. The van der Waals surface area contributed by atoms with Crippen LogP contribution in [0.25, 0.3) is 11.0 Å². The zero-order valence-electron chi connectivity index (χ0n) is 16.9. The number of morpholine rings is 1. The van der Waals surface area contributed by atoms with E-state index in [0.717, 1.165) is 21.8 Å². The molecule has 0 aliphatic carbocycles. The van der Waals surface area contributed by atoms with Gasteiger partial charge in [-0.1, -0.05) is 36.0 Å². The first-order chi connectivity index (χ1) is 14.6. The quantitative estimate of drug-likeness (QED) is 0.494. The Morgan fingerprint density at radius 3 is 2.73 bits per heavy atom. The number of rotatable bonds is 8. The highest BCUT2D eigenvalue weighted by Crippen LogP contribution is 2.28. The number of aromatic nitrogens is 2. The molecule has 0 unspecified atom stereocenters. The molecule has 0 spiro atoms. The summed E-state index contributed by atoms with van der Waals surface area (Å²) in [6.07, 6.45) is 0. The highest BCUT2D eigenvalue weighted by Gasteiger charge is 2.26. The summed E-state index contributed by atoms with van der Waals surface area (Å²) in [5.74, 6) is 0.628.